The molecule has 0 aromatic carbocycles. The predicted octanol–water partition coefficient (Wildman–Crippen LogP) is 1.99. The largest absolute Gasteiger partial charge is 0.384 e. The first-order valence-corrected chi connectivity index (χ1v) is 6.55. The Bertz CT molecular complexity index is 479. The summed E-state index contributed by atoms with van der Waals surface area (Å²) in [6.07, 6.45) is 2.09. The van der Waals surface area contributed by atoms with E-state index >= 15 is 0 Å². The van der Waals surface area contributed by atoms with Gasteiger partial charge in [0.25, 0.3) is 5.91 Å². The summed E-state index contributed by atoms with van der Waals surface area (Å²) < 4.78 is 0. The van der Waals surface area contributed by atoms with E-state index in [-0.39, 0.29) is 5.91 Å². The third kappa shape index (κ3) is 4.25. The number of aryl methyl sites for hydroxylation is 1. The van der Waals surface area contributed by atoms with Crippen LogP contribution < -0.4 is 5.73 Å². The van der Waals surface area contributed by atoms with Crippen LogP contribution in [0.4, 0.5) is 5.82 Å². The molecule has 2 N–H and O–H groups in total. The summed E-state index contributed by atoms with van der Waals surface area (Å²) in [6, 6.07) is 5.43. The maximum absolute atomic E-state index is 12.3. The van der Waals surface area contributed by atoms with Gasteiger partial charge in [0.1, 0.15) is 5.82 Å². The lowest BCUT2D eigenvalue weighted by Crippen LogP contribution is -2.31. The van der Waals surface area contributed by atoms with Gasteiger partial charge in [-0.1, -0.05) is 13.3 Å². The summed E-state index contributed by atoms with van der Waals surface area (Å²) in [5.41, 5.74) is 7.12. The van der Waals surface area contributed by atoms with Gasteiger partial charge in [-0.15, -0.1) is 0 Å². The number of carbonyl (C=O) groups excluding carboxylic acids is 1. The quantitative estimate of drug-likeness (QED) is 0.847. The molecule has 1 heterocycles. The Morgan fingerprint density at radius 3 is 2.79 bits per heavy atom. The Morgan fingerprint density at radius 1 is 1.47 bits per heavy atom. The Balaban J connectivity index is 2.94. The van der Waals surface area contributed by atoms with E-state index in [1.165, 1.54) is 0 Å². The van der Waals surface area contributed by atoms with Gasteiger partial charge in [0, 0.05) is 24.3 Å². The molecule has 0 aliphatic carbocycles. The van der Waals surface area contributed by atoms with Crippen molar-refractivity contribution in [1.82, 2.24) is 9.88 Å². The van der Waals surface area contributed by atoms with Crippen LogP contribution in [0.2, 0.25) is 0 Å². The van der Waals surface area contributed by atoms with Crippen LogP contribution in [0.15, 0.2) is 12.1 Å². The zero-order valence-electron chi connectivity index (χ0n) is 11.5. The van der Waals surface area contributed by atoms with E-state index in [1.54, 1.807) is 17.0 Å². The molecule has 1 aromatic rings. The van der Waals surface area contributed by atoms with Crippen molar-refractivity contribution in [3.63, 3.8) is 0 Å². The van der Waals surface area contributed by atoms with Crippen LogP contribution in [0.25, 0.3) is 0 Å². The molecule has 5 heteroatoms. The molecule has 0 unspecified atom stereocenters. The van der Waals surface area contributed by atoms with Gasteiger partial charge in [0.15, 0.2) is 0 Å². The molecule has 19 heavy (non-hydrogen) atoms. The molecular formula is C14H20N4O. The van der Waals surface area contributed by atoms with Crippen molar-refractivity contribution in [3.8, 4) is 6.07 Å². The number of carbonyl (C=O) groups is 1. The normalized spacial score (nSPS) is 9.95. The van der Waals surface area contributed by atoms with E-state index in [0.717, 1.165) is 18.5 Å². The fourth-order valence-electron chi connectivity index (χ4n) is 1.89. The van der Waals surface area contributed by atoms with Crippen LogP contribution in [0.5, 0.6) is 0 Å². The Labute approximate surface area is 114 Å². The number of rotatable bonds is 6. The molecule has 0 atom stereocenters. The number of nitrogens with two attached hydrogens (primary N) is 1. The first-order valence-electron chi connectivity index (χ1n) is 6.55. The molecule has 0 fully saturated rings. The summed E-state index contributed by atoms with van der Waals surface area (Å²) >= 11 is 0. The minimum absolute atomic E-state index is 0.0933. The van der Waals surface area contributed by atoms with Crippen LogP contribution in [-0.2, 0) is 6.42 Å². The summed E-state index contributed by atoms with van der Waals surface area (Å²) in [5, 5.41) is 8.60. The van der Waals surface area contributed by atoms with Gasteiger partial charge in [0.2, 0.25) is 0 Å². The number of aromatic nitrogens is 1. The summed E-state index contributed by atoms with van der Waals surface area (Å²) in [5.74, 6) is 0.273. The fraction of sp³-hybridized carbons (Fsp3) is 0.500. The van der Waals surface area contributed by atoms with E-state index in [9.17, 15) is 4.79 Å². The zero-order valence-corrected chi connectivity index (χ0v) is 11.5. The van der Waals surface area contributed by atoms with Crippen molar-refractivity contribution < 1.29 is 4.79 Å². The van der Waals surface area contributed by atoms with Gasteiger partial charge in [0.05, 0.1) is 12.5 Å². The summed E-state index contributed by atoms with van der Waals surface area (Å²) in [7, 11) is 0. The van der Waals surface area contributed by atoms with Gasteiger partial charge in [-0.2, -0.15) is 5.26 Å². The first-order chi connectivity index (χ1) is 9.12. The number of nitrogen functional groups attached to an aromatic ring is 1. The number of anilines is 1. The molecule has 1 aromatic heterocycles. The Hall–Kier alpha value is -2.09. The van der Waals surface area contributed by atoms with Crippen molar-refractivity contribution in [1.29, 1.82) is 5.26 Å². The lowest BCUT2D eigenvalue weighted by Gasteiger charge is -2.20. The summed E-state index contributed by atoms with van der Waals surface area (Å²) in [6.45, 7) is 4.97. The number of hydrogen-bond donors (Lipinski definition) is 1. The number of pyridine rings is 1. The van der Waals surface area contributed by atoms with Gasteiger partial charge < -0.3 is 10.6 Å². The minimum Gasteiger partial charge on any atom is -0.384 e. The molecule has 0 radical (unpaired) electrons. The van der Waals surface area contributed by atoms with Crippen LogP contribution in [0, 0.1) is 11.3 Å². The van der Waals surface area contributed by atoms with Crippen LogP contribution in [-0.4, -0.2) is 28.9 Å². The highest BCUT2D eigenvalue weighted by Crippen LogP contribution is 2.12. The molecule has 1 rings (SSSR count). The van der Waals surface area contributed by atoms with E-state index in [4.69, 9.17) is 11.0 Å². The molecule has 1 amide bonds. The number of hydrogen-bond acceptors (Lipinski definition) is 4. The zero-order chi connectivity index (χ0) is 14.3. The second-order valence-electron chi connectivity index (χ2n) is 4.31. The maximum Gasteiger partial charge on any atom is 0.254 e. The van der Waals surface area contributed by atoms with Gasteiger partial charge >= 0.3 is 0 Å². The molecular weight excluding hydrogens is 240 g/mol. The standard InChI is InChI=1S/C14H20N4O/c1-3-6-12-9-11(10-13(16)17-12)14(19)18(4-2)8-5-7-15/h9-10H,3-6,8H2,1-2H3,(H2,16,17). The number of nitrogens with zero attached hydrogens (tertiary/aromatic N) is 3. The van der Waals surface area contributed by atoms with Crippen molar-refractivity contribution in [2.45, 2.75) is 33.1 Å². The van der Waals surface area contributed by atoms with E-state index in [1.807, 2.05) is 6.92 Å². The highest BCUT2D eigenvalue weighted by atomic mass is 16.2. The molecule has 0 bridgehead atoms. The SMILES string of the molecule is CCCc1cc(C(=O)N(CC)CCC#N)cc(N)n1. The fourth-order valence-corrected chi connectivity index (χ4v) is 1.89. The molecule has 0 aliphatic rings. The molecule has 0 saturated carbocycles. The highest BCUT2D eigenvalue weighted by molar-refractivity contribution is 5.95. The monoisotopic (exact) mass is 260 g/mol. The molecule has 5 nitrogen and oxygen atoms in total. The number of amides is 1. The van der Waals surface area contributed by atoms with Gasteiger partial charge in [-0.25, -0.2) is 4.98 Å². The highest BCUT2D eigenvalue weighted by Gasteiger charge is 2.15. The summed E-state index contributed by atoms with van der Waals surface area (Å²) in [4.78, 5) is 18.2. The van der Waals surface area contributed by atoms with E-state index < -0.39 is 0 Å². The van der Waals surface area contributed by atoms with E-state index in [0.29, 0.717) is 30.9 Å². The average molecular weight is 260 g/mol. The Kier molecular flexibility index (Phi) is 5.80. The maximum atomic E-state index is 12.3. The third-order valence-electron chi connectivity index (χ3n) is 2.81. The molecule has 0 spiro atoms. The second kappa shape index (κ2) is 7.37. The lowest BCUT2D eigenvalue weighted by atomic mass is 10.1. The van der Waals surface area contributed by atoms with Crippen LogP contribution in [0.3, 0.4) is 0 Å². The van der Waals surface area contributed by atoms with Crippen LogP contribution >= 0.6 is 0 Å². The average Bonchev–Trinajstić information content (AvgIpc) is 2.39. The van der Waals surface area contributed by atoms with Crippen molar-refractivity contribution in [2.24, 2.45) is 0 Å². The smallest absolute Gasteiger partial charge is 0.254 e. The van der Waals surface area contributed by atoms with Gasteiger partial charge in [-0.3, -0.25) is 4.79 Å². The molecule has 0 saturated heterocycles. The topological polar surface area (TPSA) is 83.0 Å². The van der Waals surface area contributed by atoms with Crippen LogP contribution in [0.1, 0.15) is 42.7 Å². The Morgan fingerprint density at radius 2 is 2.21 bits per heavy atom. The second-order valence-corrected chi connectivity index (χ2v) is 4.31. The third-order valence-corrected chi connectivity index (χ3v) is 2.81. The van der Waals surface area contributed by atoms with Crippen molar-refractivity contribution in [3.05, 3.63) is 23.4 Å². The minimum atomic E-state index is -0.0933. The van der Waals surface area contributed by atoms with E-state index in [2.05, 4.69) is 18.0 Å². The lowest BCUT2D eigenvalue weighted by molar-refractivity contribution is 0.0767. The first kappa shape index (κ1) is 15.0. The van der Waals surface area contributed by atoms with Gasteiger partial charge in [-0.05, 0) is 25.5 Å². The van der Waals surface area contributed by atoms with Crippen molar-refractivity contribution >= 4 is 11.7 Å². The van der Waals surface area contributed by atoms with Crippen molar-refractivity contribution in [2.75, 3.05) is 18.8 Å². The molecule has 102 valence electrons. The predicted molar refractivity (Wildman–Crippen MR) is 74.5 cm³/mol. The number of nitriles is 1. The molecule has 0 aliphatic heterocycles.